The van der Waals surface area contributed by atoms with Crippen molar-refractivity contribution in [1.29, 1.82) is 0 Å². The van der Waals surface area contributed by atoms with Crippen LogP contribution in [0.5, 0.6) is 0 Å². The van der Waals surface area contributed by atoms with Gasteiger partial charge in [-0.1, -0.05) is 68.2 Å². The lowest BCUT2D eigenvalue weighted by atomic mass is 9.83. The second-order valence-corrected chi connectivity index (χ2v) is 15.3. The Morgan fingerprint density at radius 3 is 1.98 bits per heavy atom. The van der Waals surface area contributed by atoms with E-state index in [-0.39, 0.29) is 29.7 Å². The van der Waals surface area contributed by atoms with Gasteiger partial charge in [0.05, 0.1) is 34.6 Å². The van der Waals surface area contributed by atoms with Gasteiger partial charge in [0.2, 0.25) is 11.8 Å². The van der Waals surface area contributed by atoms with Gasteiger partial charge >= 0.3 is 0 Å². The predicted molar refractivity (Wildman–Crippen MR) is 172 cm³/mol. The van der Waals surface area contributed by atoms with Crippen molar-refractivity contribution in [2.75, 3.05) is 12.3 Å². The summed E-state index contributed by atoms with van der Waals surface area (Å²) in [4.78, 5) is 43.8. The van der Waals surface area contributed by atoms with Gasteiger partial charge in [-0.15, -0.1) is 0 Å². The molecule has 0 spiro atoms. The number of hydrogen-bond donors (Lipinski definition) is 5. The third-order valence-corrected chi connectivity index (χ3v) is 9.85. The van der Waals surface area contributed by atoms with Gasteiger partial charge < -0.3 is 26.2 Å². The summed E-state index contributed by atoms with van der Waals surface area (Å²) in [6.45, 7) is 15.4. The minimum atomic E-state index is -3.82. The molecule has 0 aliphatic rings. The molecule has 1 aromatic heterocycles. The summed E-state index contributed by atoms with van der Waals surface area (Å²) >= 11 is 0. The number of amides is 3. The van der Waals surface area contributed by atoms with Crippen LogP contribution in [-0.2, 0) is 19.4 Å². The van der Waals surface area contributed by atoms with E-state index in [0.29, 0.717) is 32.2 Å². The maximum Gasteiger partial charge on any atom is 0.253 e. The average molecular weight is 641 g/mol. The zero-order valence-corrected chi connectivity index (χ0v) is 28.6. The SMILES string of the molecule is CCCC(CCC)S(=O)(=O)CC(NC(=O)c1cccnc1)C(=O)NC(CC(C)C)C(O)C(O)C(C(=O)NCC(C)C)C(C)C. The number of rotatable bonds is 20. The molecule has 5 atom stereocenters. The van der Waals surface area contributed by atoms with E-state index in [0.717, 1.165) is 0 Å². The van der Waals surface area contributed by atoms with Gasteiger partial charge in [0.15, 0.2) is 9.84 Å². The lowest BCUT2D eigenvalue weighted by Crippen LogP contribution is -2.59. The van der Waals surface area contributed by atoms with Gasteiger partial charge in [-0.3, -0.25) is 19.4 Å². The first-order valence-electron chi connectivity index (χ1n) is 15.9. The Balaban J connectivity index is 3.39. The fraction of sp³-hybridized carbons (Fsp3) is 0.750. The number of nitrogens with one attached hydrogen (secondary N) is 3. The lowest BCUT2D eigenvalue weighted by molar-refractivity contribution is -0.137. The quantitative estimate of drug-likeness (QED) is 0.145. The van der Waals surface area contributed by atoms with Gasteiger partial charge in [-0.25, -0.2) is 8.42 Å². The Morgan fingerprint density at radius 2 is 1.50 bits per heavy atom. The topological polar surface area (TPSA) is 175 Å². The van der Waals surface area contributed by atoms with Crippen LogP contribution < -0.4 is 16.0 Å². The summed E-state index contributed by atoms with van der Waals surface area (Å²) in [7, 11) is -3.82. The summed E-state index contributed by atoms with van der Waals surface area (Å²) in [6, 6.07) is 0.552. The molecule has 0 aromatic carbocycles. The molecule has 0 aliphatic carbocycles. The predicted octanol–water partition coefficient (Wildman–Crippen LogP) is 2.86. The molecule has 44 heavy (non-hydrogen) atoms. The third-order valence-electron chi connectivity index (χ3n) is 7.56. The van der Waals surface area contributed by atoms with Crippen LogP contribution in [0.4, 0.5) is 0 Å². The van der Waals surface area contributed by atoms with Crippen LogP contribution in [0.3, 0.4) is 0 Å². The molecule has 0 aliphatic heterocycles. The Labute approximate surface area is 264 Å². The molecule has 3 amide bonds. The molecule has 0 saturated carbocycles. The van der Waals surface area contributed by atoms with Crippen LogP contribution in [0.25, 0.3) is 0 Å². The highest BCUT2D eigenvalue weighted by Gasteiger charge is 2.40. The molecule has 1 heterocycles. The van der Waals surface area contributed by atoms with Crippen LogP contribution >= 0.6 is 0 Å². The van der Waals surface area contributed by atoms with E-state index in [9.17, 15) is 33.0 Å². The number of nitrogens with zero attached hydrogens (tertiary/aromatic N) is 1. The molecule has 0 saturated heterocycles. The van der Waals surface area contributed by atoms with Crippen LogP contribution in [-0.4, -0.2) is 83.2 Å². The van der Waals surface area contributed by atoms with Gasteiger partial charge in [-0.2, -0.15) is 0 Å². The Morgan fingerprint density at radius 1 is 0.886 bits per heavy atom. The molecule has 0 radical (unpaired) electrons. The van der Waals surface area contributed by atoms with Crippen molar-refractivity contribution in [3.63, 3.8) is 0 Å². The minimum Gasteiger partial charge on any atom is -0.390 e. The molecule has 1 rings (SSSR count). The van der Waals surface area contributed by atoms with E-state index < -0.39 is 68.8 Å². The summed E-state index contributed by atoms with van der Waals surface area (Å²) in [5.74, 6) is -3.65. The lowest BCUT2D eigenvalue weighted by Gasteiger charge is -2.35. The second kappa shape index (κ2) is 19.1. The molecule has 5 unspecified atom stereocenters. The molecular weight excluding hydrogens is 584 g/mol. The summed E-state index contributed by atoms with van der Waals surface area (Å²) < 4.78 is 27.0. The number of aliphatic hydroxyl groups is 2. The fourth-order valence-corrected chi connectivity index (χ4v) is 7.40. The number of hydrogen-bond acceptors (Lipinski definition) is 8. The standard InChI is InChI=1S/C32H56N4O7S/c1-9-12-24(13-10-2)44(42,43)19-26(36-30(39)23-14-11-15-33-18-23)31(40)35-25(16-20(3)4)28(37)29(38)27(22(7)8)32(41)34-17-21(5)6/h11,14-15,18,20-22,24-29,37-38H,9-10,12-13,16-17,19H2,1-8H3,(H,34,41)(H,35,40)(H,36,39). The number of aromatic nitrogens is 1. The first-order valence-corrected chi connectivity index (χ1v) is 17.6. The molecule has 0 bridgehead atoms. The fourth-order valence-electron chi connectivity index (χ4n) is 5.24. The van der Waals surface area contributed by atoms with Gasteiger partial charge in [0.25, 0.3) is 5.91 Å². The Hall–Kier alpha value is -2.57. The second-order valence-electron chi connectivity index (χ2n) is 12.9. The molecule has 5 N–H and O–H groups in total. The van der Waals surface area contributed by atoms with Crippen LogP contribution in [0.2, 0.25) is 0 Å². The third kappa shape index (κ3) is 12.8. The maximum atomic E-state index is 13.8. The van der Waals surface area contributed by atoms with Crippen molar-refractivity contribution >= 4 is 27.6 Å². The highest BCUT2D eigenvalue weighted by Crippen LogP contribution is 2.23. The first-order chi connectivity index (χ1) is 20.5. The molecule has 1 aromatic rings. The normalized spacial score (nSPS) is 15.6. The number of pyridine rings is 1. The highest BCUT2D eigenvalue weighted by atomic mass is 32.2. The molecule has 252 valence electrons. The average Bonchev–Trinajstić information content (AvgIpc) is 2.94. The number of sulfone groups is 1. The zero-order chi connectivity index (χ0) is 33.6. The summed E-state index contributed by atoms with van der Waals surface area (Å²) in [5.41, 5.74) is 0.155. The largest absolute Gasteiger partial charge is 0.390 e. The van der Waals surface area contributed by atoms with E-state index in [1.165, 1.54) is 18.5 Å². The van der Waals surface area contributed by atoms with Gasteiger partial charge in [-0.05, 0) is 49.1 Å². The summed E-state index contributed by atoms with van der Waals surface area (Å²) in [6.07, 6.45) is 2.11. The van der Waals surface area contributed by atoms with E-state index >= 15 is 0 Å². The number of carbonyl (C=O) groups excluding carboxylic acids is 3. The number of aliphatic hydroxyl groups excluding tert-OH is 2. The van der Waals surface area contributed by atoms with Crippen LogP contribution in [0.1, 0.15) is 97.9 Å². The van der Waals surface area contributed by atoms with Crippen LogP contribution in [0, 0.1) is 23.7 Å². The van der Waals surface area contributed by atoms with Crippen molar-refractivity contribution in [3.05, 3.63) is 30.1 Å². The van der Waals surface area contributed by atoms with E-state index in [1.807, 2.05) is 41.5 Å². The van der Waals surface area contributed by atoms with Crippen LogP contribution in [0.15, 0.2) is 24.5 Å². The highest BCUT2D eigenvalue weighted by molar-refractivity contribution is 7.92. The van der Waals surface area contributed by atoms with Crippen molar-refractivity contribution in [2.24, 2.45) is 23.7 Å². The Kier molecular flexibility index (Phi) is 17.1. The molecule has 0 fully saturated rings. The smallest absolute Gasteiger partial charge is 0.253 e. The molecular formula is C32H56N4O7S. The number of carbonyl (C=O) groups is 3. The maximum absolute atomic E-state index is 13.8. The Bertz CT molecular complexity index is 1120. The molecule has 12 heteroatoms. The zero-order valence-electron chi connectivity index (χ0n) is 27.7. The first kappa shape index (κ1) is 39.5. The van der Waals surface area contributed by atoms with Crippen molar-refractivity contribution in [3.8, 4) is 0 Å². The summed E-state index contributed by atoms with van der Waals surface area (Å²) in [5, 5.41) is 30.0. The van der Waals surface area contributed by atoms with E-state index in [2.05, 4.69) is 20.9 Å². The van der Waals surface area contributed by atoms with Gasteiger partial charge in [0.1, 0.15) is 12.1 Å². The van der Waals surface area contributed by atoms with Crippen molar-refractivity contribution < 1.29 is 33.0 Å². The van der Waals surface area contributed by atoms with Crippen molar-refractivity contribution in [1.82, 2.24) is 20.9 Å². The van der Waals surface area contributed by atoms with E-state index in [1.54, 1.807) is 19.9 Å². The minimum absolute atomic E-state index is 0.0416. The van der Waals surface area contributed by atoms with Gasteiger partial charge in [0, 0.05) is 18.9 Å². The van der Waals surface area contributed by atoms with E-state index in [4.69, 9.17) is 0 Å². The molecule has 11 nitrogen and oxygen atoms in total. The van der Waals surface area contributed by atoms with Crippen molar-refractivity contribution in [2.45, 2.75) is 117 Å². The monoisotopic (exact) mass is 640 g/mol.